The Kier molecular flexibility index (Phi) is 4.75. The molecule has 0 aromatic heterocycles. The molecule has 0 spiro atoms. The van der Waals surface area contributed by atoms with Crippen LogP contribution in [0.4, 0.5) is 5.69 Å². The summed E-state index contributed by atoms with van der Waals surface area (Å²) in [7, 11) is -3.17. The van der Waals surface area contributed by atoms with E-state index in [0.717, 1.165) is 11.3 Å². The fraction of sp³-hybridized carbons (Fsp3) is 0.200. The molecule has 0 aliphatic rings. The van der Waals surface area contributed by atoms with Crippen molar-refractivity contribution in [2.75, 3.05) is 11.1 Å². The van der Waals surface area contributed by atoms with E-state index in [1.165, 1.54) is 6.07 Å². The minimum absolute atomic E-state index is 0.0505. The van der Waals surface area contributed by atoms with Gasteiger partial charge in [-0.25, -0.2) is 8.42 Å². The average molecular weight is 326 g/mol. The Bertz CT molecular complexity index is 727. The van der Waals surface area contributed by atoms with Crippen LogP contribution in [0.3, 0.4) is 0 Å². The first-order valence-corrected chi connectivity index (χ1v) is 8.49. The van der Waals surface area contributed by atoms with E-state index in [-0.39, 0.29) is 11.5 Å². The molecule has 0 unspecified atom stereocenters. The molecule has 0 fully saturated rings. The molecule has 21 heavy (non-hydrogen) atoms. The zero-order valence-electron chi connectivity index (χ0n) is 11.5. The Labute approximate surface area is 129 Å². The van der Waals surface area contributed by atoms with Gasteiger partial charge < -0.3 is 10.4 Å². The number of benzene rings is 2. The van der Waals surface area contributed by atoms with Gasteiger partial charge in [0.1, 0.15) is 5.75 Å². The zero-order valence-corrected chi connectivity index (χ0v) is 13.1. The number of nitrogens with one attached hydrogen (secondary N) is 1. The molecule has 0 atom stereocenters. The van der Waals surface area contributed by atoms with Gasteiger partial charge in [0.05, 0.1) is 15.7 Å². The van der Waals surface area contributed by atoms with E-state index >= 15 is 0 Å². The van der Waals surface area contributed by atoms with E-state index in [9.17, 15) is 13.5 Å². The van der Waals surface area contributed by atoms with Gasteiger partial charge in [0, 0.05) is 12.2 Å². The van der Waals surface area contributed by atoms with Crippen molar-refractivity contribution in [3.63, 3.8) is 0 Å². The number of hydrogen-bond acceptors (Lipinski definition) is 4. The zero-order chi connectivity index (χ0) is 15.5. The van der Waals surface area contributed by atoms with Crippen LogP contribution in [0.2, 0.25) is 5.02 Å². The molecule has 0 aliphatic heterocycles. The number of anilines is 1. The normalized spacial score (nSPS) is 11.3. The molecular formula is C15H16ClNO3S. The summed E-state index contributed by atoms with van der Waals surface area (Å²) in [4.78, 5) is 0.322. The molecule has 0 heterocycles. The third-order valence-corrected chi connectivity index (χ3v) is 5.16. The maximum atomic E-state index is 11.7. The minimum Gasteiger partial charge on any atom is -0.506 e. The summed E-state index contributed by atoms with van der Waals surface area (Å²) in [6.45, 7) is 2.15. The van der Waals surface area contributed by atoms with Gasteiger partial charge in [-0.2, -0.15) is 0 Å². The molecule has 0 bridgehead atoms. The van der Waals surface area contributed by atoms with Crippen LogP contribution in [-0.2, 0) is 16.4 Å². The number of halogens is 1. The van der Waals surface area contributed by atoms with E-state index < -0.39 is 9.84 Å². The van der Waals surface area contributed by atoms with Gasteiger partial charge in [-0.3, -0.25) is 0 Å². The van der Waals surface area contributed by atoms with Crippen molar-refractivity contribution in [2.45, 2.75) is 18.4 Å². The standard InChI is InChI=1S/C15H16ClNO3S/c1-2-21(19,20)13-6-4-12(5-7-13)17-10-11-3-8-15(18)14(16)9-11/h3-9,17-18H,2,10H2,1H3. The third-order valence-electron chi connectivity index (χ3n) is 3.10. The van der Waals surface area contributed by atoms with Crippen molar-refractivity contribution < 1.29 is 13.5 Å². The lowest BCUT2D eigenvalue weighted by Gasteiger charge is -2.08. The predicted molar refractivity (Wildman–Crippen MR) is 84.6 cm³/mol. The van der Waals surface area contributed by atoms with Crippen molar-refractivity contribution >= 4 is 27.1 Å². The fourth-order valence-corrected chi connectivity index (χ4v) is 2.90. The molecule has 2 aromatic carbocycles. The van der Waals surface area contributed by atoms with Crippen LogP contribution >= 0.6 is 11.6 Å². The SMILES string of the molecule is CCS(=O)(=O)c1ccc(NCc2ccc(O)c(Cl)c2)cc1. The molecular weight excluding hydrogens is 310 g/mol. The lowest BCUT2D eigenvalue weighted by Crippen LogP contribution is -2.04. The maximum Gasteiger partial charge on any atom is 0.178 e. The quantitative estimate of drug-likeness (QED) is 0.883. The monoisotopic (exact) mass is 325 g/mol. The first-order valence-electron chi connectivity index (χ1n) is 6.46. The predicted octanol–water partition coefficient (Wildman–Crippen LogP) is 3.45. The topological polar surface area (TPSA) is 66.4 Å². The number of phenolic OH excluding ortho intramolecular Hbond substituents is 1. The second-order valence-corrected chi connectivity index (χ2v) is 7.25. The van der Waals surface area contributed by atoms with Crippen molar-refractivity contribution in [2.24, 2.45) is 0 Å². The van der Waals surface area contributed by atoms with Crippen molar-refractivity contribution in [1.29, 1.82) is 0 Å². The highest BCUT2D eigenvalue weighted by Crippen LogP contribution is 2.24. The minimum atomic E-state index is -3.17. The second-order valence-electron chi connectivity index (χ2n) is 4.57. The van der Waals surface area contributed by atoms with Crippen molar-refractivity contribution in [3.8, 4) is 5.75 Å². The first kappa shape index (κ1) is 15.7. The van der Waals surface area contributed by atoms with Crippen LogP contribution in [0.5, 0.6) is 5.75 Å². The maximum absolute atomic E-state index is 11.7. The smallest absolute Gasteiger partial charge is 0.178 e. The number of rotatable bonds is 5. The van der Waals surface area contributed by atoms with Gasteiger partial charge >= 0.3 is 0 Å². The summed E-state index contributed by atoms with van der Waals surface area (Å²) in [5, 5.41) is 12.8. The highest BCUT2D eigenvalue weighted by molar-refractivity contribution is 7.91. The van der Waals surface area contributed by atoms with Crippen molar-refractivity contribution in [3.05, 3.63) is 53.1 Å². The van der Waals surface area contributed by atoms with Gasteiger partial charge in [0.25, 0.3) is 0 Å². The van der Waals surface area contributed by atoms with Crippen molar-refractivity contribution in [1.82, 2.24) is 0 Å². The van der Waals surface area contributed by atoms with Crippen LogP contribution in [0.1, 0.15) is 12.5 Å². The molecule has 2 aromatic rings. The fourth-order valence-electron chi connectivity index (χ4n) is 1.81. The van der Waals surface area contributed by atoms with E-state index in [0.29, 0.717) is 16.5 Å². The summed E-state index contributed by atoms with van der Waals surface area (Å²) < 4.78 is 23.4. The Hall–Kier alpha value is -1.72. The molecule has 0 radical (unpaired) electrons. The Morgan fingerprint density at radius 1 is 1.14 bits per heavy atom. The highest BCUT2D eigenvalue weighted by Gasteiger charge is 2.10. The van der Waals surface area contributed by atoms with Gasteiger partial charge in [-0.1, -0.05) is 24.6 Å². The van der Waals surface area contributed by atoms with Crippen LogP contribution < -0.4 is 5.32 Å². The molecule has 0 aliphatic carbocycles. The Balaban J connectivity index is 2.05. The van der Waals surface area contributed by atoms with Gasteiger partial charge in [0.15, 0.2) is 9.84 Å². The average Bonchev–Trinajstić information content (AvgIpc) is 2.49. The van der Waals surface area contributed by atoms with Gasteiger partial charge in [-0.05, 0) is 42.0 Å². The summed E-state index contributed by atoms with van der Waals surface area (Å²) in [5.41, 5.74) is 1.73. The van der Waals surface area contributed by atoms with Crippen LogP contribution in [0, 0.1) is 0 Å². The van der Waals surface area contributed by atoms with E-state index in [1.807, 2.05) is 0 Å². The van der Waals surface area contributed by atoms with Gasteiger partial charge in [0.2, 0.25) is 0 Å². The number of phenols is 1. The Morgan fingerprint density at radius 3 is 2.38 bits per heavy atom. The summed E-state index contributed by atoms with van der Waals surface area (Å²) in [6, 6.07) is 11.6. The lowest BCUT2D eigenvalue weighted by atomic mass is 10.2. The molecule has 2 rings (SSSR count). The molecule has 0 saturated carbocycles. The molecule has 0 saturated heterocycles. The van der Waals surface area contributed by atoms with Gasteiger partial charge in [-0.15, -0.1) is 0 Å². The van der Waals surface area contributed by atoms with E-state index in [2.05, 4.69) is 5.32 Å². The summed E-state index contributed by atoms with van der Waals surface area (Å²) >= 11 is 5.84. The van der Waals surface area contributed by atoms with Crippen LogP contribution in [0.25, 0.3) is 0 Å². The van der Waals surface area contributed by atoms with E-state index in [4.69, 9.17) is 11.6 Å². The summed E-state index contributed by atoms with van der Waals surface area (Å²) in [5.74, 6) is 0.140. The molecule has 2 N–H and O–H groups in total. The Morgan fingerprint density at radius 2 is 1.81 bits per heavy atom. The first-order chi connectivity index (χ1) is 9.92. The van der Waals surface area contributed by atoms with Crippen LogP contribution in [-0.4, -0.2) is 19.3 Å². The number of hydrogen-bond donors (Lipinski definition) is 2. The number of aromatic hydroxyl groups is 1. The largest absolute Gasteiger partial charge is 0.506 e. The van der Waals surface area contributed by atoms with Crippen LogP contribution in [0.15, 0.2) is 47.4 Å². The van der Waals surface area contributed by atoms with E-state index in [1.54, 1.807) is 43.3 Å². The third kappa shape index (κ3) is 3.89. The number of sulfone groups is 1. The summed E-state index contributed by atoms with van der Waals surface area (Å²) in [6.07, 6.45) is 0. The highest BCUT2D eigenvalue weighted by atomic mass is 35.5. The molecule has 112 valence electrons. The second kappa shape index (κ2) is 6.37. The molecule has 4 nitrogen and oxygen atoms in total. The molecule has 6 heteroatoms. The molecule has 0 amide bonds. The lowest BCUT2D eigenvalue weighted by molar-refractivity contribution is 0.475.